The maximum Gasteiger partial charge on any atom is 0.334 e. The number of benzene rings is 3. The van der Waals surface area contributed by atoms with Gasteiger partial charge in [0, 0.05) is 12.7 Å². The summed E-state index contributed by atoms with van der Waals surface area (Å²) in [4.78, 5) is 7.26. The number of para-hydroxylation sites is 1. The number of rotatable bonds is 2. The van der Waals surface area contributed by atoms with E-state index in [4.69, 9.17) is 4.99 Å². The second-order valence-corrected chi connectivity index (χ2v) is 7.51. The molecule has 0 aromatic heterocycles. The van der Waals surface area contributed by atoms with Crippen molar-refractivity contribution < 1.29 is 4.58 Å². The van der Waals surface area contributed by atoms with Crippen molar-refractivity contribution in [1.82, 2.24) is 0 Å². The number of fused-ring (bicyclic) bond motifs is 1. The van der Waals surface area contributed by atoms with Gasteiger partial charge in [0.25, 0.3) is 5.84 Å². The number of hydrogen-bond acceptors (Lipinski definition) is 1. The fourth-order valence-electron chi connectivity index (χ4n) is 4.19. The Morgan fingerprint density at radius 2 is 1.36 bits per heavy atom. The third kappa shape index (κ3) is 3.03. The van der Waals surface area contributed by atoms with Gasteiger partial charge in [-0.3, -0.25) is 0 Å². The van der Waals surface area contributed by atoms with Gasteiger partial charge in [-0.25, -0.2) is 4.58 Å². The van der Waals surface area contributed by atoms with Crippen LogP contribution in [0.15, 0.2) is 71.7 Å². The summed E-state index contributed by atoms with van der Waals surface area (Å²) in [5.74, 6) is 1.97. The lowest BCUT2D eigenvalue weighted by atomic mass is 10.0. The highest BCUT2D eigenvalue weighted by Gasteiger charge is 2.34. The molecule has 1 heterocycles. The minimum Gasteiger partial charge on any atom is -0.308 e. The number of hydrogen-bond donors (Lipinski definition) is 0. The van der Waals surface area contributed by atoms with E-state index in [9.17, 15) is 0 Å². The van der Waals surface area contributed by atoms with Gasteiger partial charge in [-0.2, -0.15) is 0 Å². The Bertz CT molecular complexity index is 1080. The lowest BCUT2D eigenvalue weighted by molar-refractivity contribution is -0.406. The molecule has 3 nitrogen and oxygen atoms in total. The van der Waals surface area contributed by atoms with Crippen molar-refractivity contribution in [3.8, 4) is 0 Å². The van der Waals surface area contributed by atoms with E-state index in [2.05, 4.69) is 105 Å². The van der Waals surface area contributed by atoms with Gasteiger partial charge < -0.3 is 4.90 Å². The number of anilines is 1. The SMILES string of the molecule is Cc1cc(C)c([N+](C)=C2N=C(N(C)c3ccccc3)c3ccccc32)c(C)c1. The van der Waals surface area contributed by atoms with Crippen LogP contribution < -0.4 is 4.90 Å². The Morgan fingerprint density at radius 1 is 0.786 bits per heavy atom. The van der Waals surface area contributed by atoms with Gasteiger partial charge in [-0.05, 0) is 61.2 Å². The molecule has 0 bridgehead atoms. The van der Waals surface area contributed by atoms with E-state index in [0.29, 0.717) is 0 Å². The Labute approximate surface area is 167 Å². The molecule has 4 rings (SSSR count). The van der Waals surface area contributed by atoms with E-state index in [1.807, 2.05) is 6.07 Å². The second kappa shape index (κ2) is 7.08. The third-order valence-corrected chi connectivity index (χ3v) is 5.37. The van der Waals surface area contributed by atoms with Gasteiger partial charge in [-0.15, -0.1) is 0 Å². The summed E-state index contributed by atoms with van der Waals surface area (Å²) in [5, 5.41) is 0. The summed E-state index contributed by atoms with van der Waals surface area (Å²) in [6.45, 7) is 6.49. The van der Waals surface area contributed by atoms with Crippen LogP contribution in [0, 0.1) is 20.8 Å². The van der Waals surface area contributed by atoms with E-state index in [1.54, 1.807) is 0 Å². The monoisotopic (exact) mass is 368 g/mol. The minimum absolute atomic E-state index is 0.978. The van der Waals surface area contributed by atoms with Gasteiger partial charge in [0.15, 0.2) is 0 Å². The van der Waals surface area contributed by atoms with Crippen LogP contribution >= 0.6 is 0 Å². The van der Waals surface area contributed by atoms with Crippen LogP contribution in [0.5, 0.6) is 0 Å². The standard InChI is InChI=1S/C25H26N3/c1-17-15-18(2)23(19(3)16-17)28(5)25-22-14-10-9-13-21(22)24(26-25)27(4)20-11-7-6-8-12-20/h6-16H,1-5H3/q+1. The zero-order chi connectivity index (χ0) is 19.8. The van der Waals surface area contributed by atoms with Crippen LogP contribution in [0.3, 0.4) is 0 Å². The molecule has 3 heteroatoms. The van der Waals surface area contributed by atoms with Crippen LogP contribution in [0.2, 0.25) is 0 Å². The summed E-state index contributed by atoms with van der Waals surface area (Å²) in [6, 6.07) is 23.3. The van der Waals surface area contributed by atoms with E-state index < -0.39 is 0 Å². The first kappa shape index (κ1) is 18.2. The first-order valence-electron chi connectivity index (χ1n) is 9.63. The lowest BCUT2D eigenvalue weighted by Crippen LogP contribution is -2.26. The topological polar surface area (TPSA) is 18.6 Å². The summed E-state index contributed by atoms with van der Waals surface area (Å²) in [7, 11) is 4.20. The predicted octanol–water partition coefficient (Wildman–Crippen LogP) is 5.23. The van der Waals surface area contributed by atoms with Gasteiger partial charge in [0.2, 0.25) is 0 Å². The molecule has 1 aliphatic rings. The van der Waals surface area contributed by atoms with Crippen LogP contribution in [-0.4, -0.2) is 30.3 Å². The van der Waals surface area contributed by atoms with Crippen molar-refractivity contribution in [2.24, 2.45) is 4.99 Å². The van der Waals surface area contributed by atoms with Crippen molar-refractivity contribution in [3.05, 3.63) is 94.5 Å². The Balaban J connectivity index is 1.91. The highest BCUT2D eigenvalue weighted by atomic mass is 15.2. The van der Waals surface area contributed by atoms with Crippen molar-refractivity contribution in [3.63, 3.8) is 0 Å². The van der Waals surface area contributed by atoms with Crippen molar-refractivity contribution in [2.75, 3.05) is 19.0 Å². The molecule has 0 radical (unpaired) electrons. The number of amidine groups is 2. The zero-order valence-corrected chi connectivity index (χ0v) is 17.2. The highest BCUT2D eigenvalue weighted by molar-refractivity contribution is 6.25. The molecule has 1 aliphatic heterocycles. The maximum absolute atomic E-state index is 5.10. The number of aliphatic imine (C=N–C) groups is 1. The largest absolute Gasteiger partial charge is 0.334 e. The van der Waals surface area contributed by atoms with E-state index in [-0.39, 0.29) is 0 Å². The highest BCUT2D eigenvalue weighted by Crippen LogP contribution is 2.29. The molecule has 3 aromatic carbocycles. The first-order valence-corrected chi connectivity index (χ1v) is 9.63. The molecule has 0 spiro atoms. The van der Waals surface area contributed by atoms with Gasteiger partial charge in [-0.1, -0.05) is 48.0 Å². The fraction of sp³-hybridized carbons (Fsp3) is 0.200. The molecule has 0 N–H and O–H groups in total. The average Bonchev–Trinajstić information content (AvgIpc) is 3.07. The molecule has 0 saturated carbocycles. The molecular formula is C25H26N3+. The lowest BCUT2D eigenvalue weighted by Gasteiger charge is -2.16. The molecule has 0 unspecified atom stereocenters. The van der Waals surface area contributed by atoms with Crippen LogP contribution in [0.25, 0.3) is 0 Å². The molecule has 28 heavy (non-hydrogen) atoms. The molecule has 140 valence electrons. The minimum atomic E-state index is 0.978. The van der Waals surface area contributed by atoms with E-state index in [1.165, 1.54) is 27.9 Å². The predicted molar refractivity (Wildman–Crippen MR) is 118 cm³/mol. The van der Waals surface area contributed by atoms with Crippen LogP contribution in [0.1, 0.15) is 27.8 Å². The first-order chi connectivity index (χ1) is 13.5. The summed E-state index contributed by atoms with van der Waals surface area (Å²) >= 11 is 0. The number of nitrogens with zero attached hydrogens (tertiary/aromatic N) is 3. The Hall–Kier alpha value is -3.20. The van der Waals surface area contributed by atoms with Gasteiger partial charge in [0.05, 0.1) is 18.2 Å². The number of aryl methyl sites for hydroxylation is 3. The fourth-order valence-corrected chi connectivity index (χ4v) is 4.19. The van der Waals surface area contributed by atoms with Gasteiger partial charge >= 0.3 is 5.84 Å². The van der Waals surface area contributed by atoms with Crippen LogP contribution in [0.4, 0.5) is 11.4 Å². The quantitative estimate of drug-likeness (QED) is 0.567. The van der Waals surface area contributed by atoms with Crippen molar-refractivity contribution >= 4 is 23.0 Å². The molecule has 0 saturated heterocycles. The second-order valence-electron chi connectivity index (χ2n) is 7.51. The molecule has 3 aromatic rings. The van der Waals surface area contributed by atoms with E-state index in [0.717, 1.165) is 22.9 Å². The Morgan fingerprint density at radius 3 is 2.00 bits per heavy atom. The zero-order valence-electron chi connectivity index (χ0n) is 17.2. The normalized spacial score (nSPS) is 14.5. The molecule has 0 amide bonds. The molecular weight excluding hydrogens is 342 g/mol. The summed E-state index contributed by atoms with van der Waals surface area (Å²) in [6.07, 6.45) is 0. The van der Waals surface area contributed by atoms with Crippen molar-refractivity contribution in [2.45, 2.75) is 20.8 Å². The smallest absolute Gasteiger partial charge is 0.308 e. The maximum atomic E-state index is 5.10. The Kier molecular flexibility index (Phi) is 4.60. The summed E-state index contributed by atoms with van der Waals surface area (Å²) < 4.78 is 2.23. The summed E-state index contributed by atoms with van der Waals surface area (Å²) in [5.41, 5.74) is 8.51. The third-order valence-electron chi connectivity index (χ3n) is 5.37. The molecule has 0 fully saturated rings. The van der Waals surface area contributed by atoms with E-state index >= 15 is 0 Å². The molecule has 0 aliphatic carbocycles. The average molecular weight is 369 g/mol. The van der Waals surface area contributed by atoms with Gasteiger partial charge in [0.1, 0.15) is 5.69 Å². The van der Waals surface area contributed by atoms with Crippen molar-refractivity contribution in [1.29, 1.82) is 0 Å². The van der Waals surface area contributed by atoms with Crippen LogP contribution in [-0.2, 0) is 0 Å². The molecule has 0 atom stereocenters.